The number of aromatic nitrogens is 1. The van der Waals surface area contributed by atoms with E-state index in [2.05, 4.69) is 15.6 Å². The molecule has 3 amide bonds. The number of hydrogen-bond acceptors (Lipinski definition) is 6. The van der Waals surface area contributed by atoms with E-state index in [0.29, 0.717) is 31.5 Å². The molecule has 1 fully saturated rings. The molecule has 41 heavy (non-hydrogen) atoms. The number of rotatable bonds is 10. The number of carbonyl (C=O) groups excluding carboxylic acids is 4. The highest BCUT2D eigenvalue weighted by Crippen LogP contribution is 2.28. The van der Waals surface area contributed by atoms with Gasteiger partial charge in [0.05, 0.1) is 16.1 Å². The van der Waals surface area contributed by atoms with Gasteiger partial charge in [-0.25, -0.2) is 4.98 Å². The molecular weight excluding hydrogens is 536 g/mol. The van der Waals surface area contributed by atoms with Gasteiger partial charge in [-0.2, -0.15) is 0 Å². The molecule has 4 rings (SSSR count). The Hall–Kier alpha value is -3.85. The highest BCUT2D eigenvalue weighted by molar-refractivity contribution is 7.13. The zero-order valence-electron chi connectivity index (χ0n) is 24.1. The highest BCUT2D eigenvalue weighted by atomic mass is 32.1. The lowest BCUT2D eigenvalue weighted by Crippen LogP contribution is -2.57. The van der Waals surface area contributed by atoms with Crippen molar-refractivity contribution < 1.29 is 19.2 Å². The smallest absolute Gasteiger partial charge is 0.246 e. The summed E-state index contributed by atoms with van der Waals surface area (Å²) in [4.78, 5) is 57.8. The number of carbonyl (C=O) groups is 4. The average Bonchev–Trinajstić information content (AvgIpc) is 3.62. The zero-order chi connectivity index (χ0) is 29.6. The van der Waals surface area contributed by atoms with Crippen LogP contribution in [0, 0.1) is 12.3 Å². The molecule has 2 heterocycles. The summed E-state index contributed by atoms with van der Waals surface area (Å²) in [6.07, 6.45) is 2.81. The van der Waals surface area contributed by atoms with Gasteiger partial charge in [-0.15, -0.1) is 11.3 Å². The van der Waals surface area contributed by atoms with Crippen LogP contribution in [0.2, 0.25) is 0 Å². The van der Waals surface area contributed by atoms with E-state index in [0.717, 1.165) is 40.0 Å². The Morgan fingerprint density at radius 1 is 1.07 bits per heavy atom. The lowest BCUT2D eigenvalue weighted by Gasteiger charge is -2.35. The number of nitrogens with one attached hydrogen (secondary N) is 2. The molecule has 3 aromatic rings. The lowest BCUT2D eigenvalue weighted by molar-refractivity contribution is -0.143. The van der Waals surface area contributed by atoms with Crippen molar-refractivity contribution in [2.75, 3.05) is 6.54 Å². The monoisotopic (exact) mass is 574 g/mol. The quantitative estimate of drug-likeness (QED) is 0.341. The molecule has 1 unspecified atom stereocenters. The van der Waals surface area contributed by atoms with Crippen molar-refractivity contribution in [1.82, 2.24) is 20.5 Å². The number of aryl methyl sites for hydroxylation is 2. The molecular formula is C32H38N4O4S. The SMILES string of the molecule is Cc1ncsc1-c1ccc(CNC(=O)[C@@H]2CCCN2C(=O)C(NC(=O)CCc2ccc(C=O)cc2)C(C)(C)C)cc1. The molecule has 9 heteroatoms. The number of nitrogens with zero attached hydrogens (tertiary/aromatic N) is 2. The first-order valence-electron chi connectivity index (χ1n) is 14.0. The Bertz CT molecular complexity index is 1380. The Morgan fingerprint density at radius 3 is 2.37 bits per heavy atom. The number of hydrogen-bond donors (Lipinski definition) is 2. The molecule has 1 aliphatic heterocycles. The van der Waals surface area contributed by atoms with Crippen LogP contribution >= 0.6 is 11.3 Å². The van der Waals surface area contributed by atoms with E-state index in [4.69, 9.17) is 0 Å². The third kappa shape index (κ3) is 7.67. The van der Waals surface area contributed by atoms with Crippen LogP contribution in [0.1, 0.15) is 67.2 Å². The summed E-state index contributed by atoms with van der Waals surface area (Å²) in [6.45, 7) is 8.57. The summed E-state index contributed by atoms with van der Waals surface area (Å²) >= 11 is 1.60. The summed E-state index contributed by atoms with van der Waals surface area (Å²) in [5.74, 6) is -0.644. The average molecular weight is 575 g/mol. The van der Waals surface area contributed by atoms with Gasteiger partial charge in [-0.3, -0.25) is 19.2 Å². The fraction of sp³-hybridized carbons (Fsp3) is 0.406. The van der Waals surface area contributed by atoms with Gasteiger partial charge in [0.2, 0.25) is 17.7 Å². The van der Waals surface area contributed by atoms with Crippen LogP contribution in [0.15, 0.2) is 54.0 Å². The van der Waals surface area contributed by atoms with E-state index in [1.807, 2.05) is 69.6 Å². The Kier molecular flexibility index (Phi) is 9.70. The molecule has 1 aromatic heterocycles. The van der Waals surface area contributed by atoms with Crippen molar-refractivity contribution in [3.63, 3.8) is 0 Å². The van der Waals surface area contributed by atoms with Crippen LogP contribution in [0.4, 0.5) is 0 Å². The maximum atomic E-state index is 13.7. The van der Waals surface area contributed by atoms with E-state index in [-0.39, 0.29) is 24.1 Å². The van der Waals surface area contributed by atoms with E-state index in [1.165, 1.54) is 0 Å². The van der Waals surface area contributed by atoms with Gasteiger partial charge in [0.15, 0.2) is 0 Å². The molecule has 0 spiro atoms. The minimum absolute atomic E-state index is 0.184. The molecule has 8 nitrogen and oxygen atoms in total. The first kappa shape index (κ1) is 30.1. The summed E-state index contributed by atoms with van der Waals surface area (Å²) in [6, 6.07) is 13.8. The van der Waals surface area contributed by atoms with Crippen LogP contribution in [0.25, 0.3) is 10.4 Å². The zero-order valence-corrected chi connectivity index (χ0v) is 24.9. The number of benzene rings is 2. The molecule has 2 N–H and O–H groups in total. The van der Waals surface area contributed by atoms with Crippen LogP contribution in [0.3, 0.4) is 0 Å². The number of amides is 3. The van der Waals surface area contributed by atoms with Crippen LogP contribution < -0.4 is 10.6 Å². The molecule has 1 aliphatic rings. The second kappa shape index (κ2) is 13.2. The second-order valence-electron chi connectivity index (χ2n) is 11.6. The Labute approximate surface area is 245 Å². The van der Waals surface area contributed by atoms with Crippen LogP contribution in [-0.4, -0.2) is 52.5 Å². The number of aldehydes is 1. The maximum absolute atomic E-state index is 13.7. The normalized spacial score (nSPS) is 15.8. The van der Waals surface area contributed by atoms with Gasteiger partial charge >= 0.3 is 0 Å². The molecule has 2 atom stereocenters. The fourth-order valence-corrected chi connectivity index (χ4v) is 5.84. The molecule has 0 bridgehead atoms. The Morgan fingerprint density at radius 2 is 1.76 bits per heavy atom. The third-order valence-electron chi connectivity index (χ3n) is 7.44. The van der Waals surface area contributed by atoms with Crippen molar-refractivity contribution >= 4 is 35.3 Å². The first-order chi connectivity index (χ1) is 19.6. The van der Waals surface area contributed by atoms with E-state index in [1.54, 1.807) is 28.4 Å². The highest BCUT2D eigenvalue weighted by Gasteiger charge is 2.41. The minimum atomic E-state index is -0.761. The minimum Gasteiger partial charge on any atom is -0.350 e. The molecule has 0 saturated carbocycles. The predicted molar refractivity (Wildman–Crippen MR) is 160 cm³/mol. The van der Waals surface area contributed by atoms with Crippen LogP contribution in [-0.2, 0) is 27.3 Å². The molecule has 216 valence electrons. The first-order valence-corrected chi connectivity index (χ1v) is 14.9. The van der Waals surface area contributed by atoms with Gasteiger partial charge in [-0.05, 0) is 48.3 Å². The summed E-state index contributed by atoms with van der Waals surface area (Å²) in [7, 11) is 0. The standard InChI is InChI=1S/C32H38N4O4S/c1-21-28(41-20-34-21)25-14-11-23(12-15-25)18-33-30(39)26-6-5-17-36(26)31(40)29(32(2,3)4)35-27(38)16-13-22-7-9-24(19-37)10-8-22/h7-12,14-15,19-20,26,29H,5-6,13,16-18H2,1-4H3,(H,33,39)(H,35,38)/t26-,29?/m0/s1. The van der Waals surface area contributed by atoms with Crippen molar-refractivity contribution in [2.24, 2.45) is 5.41 Å². The second-order valence-corrected chi connectivity index (χ2v) is 12.5. The van der Waals surface area contributed by atoms with Gasteiger partial charge < -0.3 is 15.5 Å². The van der Waals surface area contributed by atoms with Crippen LogP contribution in [0.5, 0.6) is 0 Å². The predicted octanol–water partition coefficient (Wildman–Crippen LogP) is 4.70. The van der Waals surface area contributed by atoms with Crippen molar-refractivity contribution in [3.8, 4) is 10.4 Å². The van der Waals surface area contributed by atoms with Gasteiger partial charge in [0.1, 0.15) is 18.4 Å². The van der Waals surface area contributed by atoms with Crippen molar-refractivity contribution in [2.45, 2.75) is 72.0 Å². The molecule has 1 saturated heterocycles. The fourth-order valence-electron chi connectivity index (χ4n) is 5.03. The summed E-state index contributed by atoms with van der Waals surface area (Å²) in [5, 5.41) is 5.95. The maximum Gasteiger partial charge on any atom is 0.246 e. The van der Waals surface area contributed by atoms with Crippen molar-refractivity contribution in [3.05, 3.63) is 76.4 Å². The molecule has 2 aromatic carbocycles. The van der Waals surface area contributed by atoms with Crippen molar-refractivity contribution in [1.29, 1.82) is 0 Å². The van der Waals surface area contributed by atoms with Gasteiger partial charge in [0, 0.05) is 25.1 Å². The van der Waals surface area contributed by atoms with Gasteiger partial charge in [0.25, 0.3) is 0 Å². The van der Waals surface area contributed by atoms with Gasteiger partial charge in [-0.1, -0.05) is 69.3 Å². The third-order valence-corrected chi connectivity index (χ3v) is 8.42. The number of thiazole rings is 1. The Balaban J connectivity index is 1.34. The summed E-state index contributed by atoms with van der Waals surface area (Å²) in [5.41, 5.74) is 5.88. The number of likely N-dealkylation sites (tertiary alicyclic amines) is 1. The summed E-state index contributed by atoms with van der Waals surface area (Å²) < 4.78 is 0. The van der Waals surface area contributed by atoms with E-state index in [9.17, 15) is 19.2 Å². The lowest BCUT2D eigenvalue weighted by atomic mass is 9.85. The van der Waals surface area contributed by atoms with E-state index >= 15 is 0 Å². The molecule has 0 radical (unpaired) electrons. The molecule has 0 aliphatic carbocycles. The topological polar surface area (TPSA) is 108 Å². The van der Waals surface area contributed by atoms with E-state index < -0.39 is 17.5 Å². The largest absolute Gasteiger partial charge is 0.350 e.